The highest BCUT2D eigenvalue weighted by atomic mass is 35.5. The number of thioether (sulfide) groups is 1. The quantitative estimate of drug-likeness (QED) is 0.683. The molecular formula is C18H23ClN2O3S. The Morgan fingerprint density at radius 2 is 1.72 bits per heavy atom. The number of ether oxygens (including phenoxy) is 2. The summed E-state index contributed by atoms with van der Waals surface area (Å²) in [5.74, 6) is 1.18. The molecular weight excluding hydrogens is 360 g/mol. The molecule has 0 spiro atoms. The first-order valence-corrected chi connectivity index (χ1v) is 8.89. The number of carbonyl (C=O) groups excluding carboxylic acids is 1. The average Bonchev–Trinajstić information content (AvgIpc) is 2.61. The number of benzene rings is 2. The van der Waals surface area contributed by atoms with Gasteiger partial charge in [-0.3, -0.25) is 4.79 Å². The summed E-state index contributed by atoms with van der Waals surface area (Å²) >= 11 is 1.66. The molecule has 136 valence electrons. The Morgan fingerprint density at radius 3 is 2.28 bits per heavy atom. The van der Waals surface area contributed by atoms with Crippen LogP contribution in [-0.2, 0) is 4.79 Å². The highest BCUT2D eigenvalue weighted by Gasteiger charge is 2.15. The molecule has 2 rings (SSSR count). The molecule has 1 unspecified atom stereocenters. The van der Waals surface area contributed by atoms with Crippen molar-refractivity contribution in [2.24, 2.45) is 5.73 Å². The number of halogens is 1. The maximum absolute atomic E-state index is 12.2. The van der Waals surface area contributed by atoms with Crippen LogP contribution in [0.2, 0.25) is 0 Å². The summed E-state index contributed by atoms with van der Waals surface area (Å²) in [6, 6.07) is 14.8. The molecule has 2 aromatic carbocycles. The van der Waals surface area contributed by atoms with E-state index >= 15 is 0 Å². The molecule has 0 fully saturated rings. The number of hydrogen-bond donors (Lipinski definition) is 2. The molecule has 2 aromatic rings. The van der Waals surface area contributed by atoms with Crippen molar-refractivity contribution >= 4 is 35.8 Å². The van der Waals surface area contributed by atoms with E-state index < -0.39 is 6.10 Å². The molecule has 0 aromatic heterocycles. The Morgan fingerprint density at radius 1 is 1.12 bits per heavy atom. The van der Waals surface area contributed by atoms with Crippen LogP contribution in [0.4, 0.5) is 5.69 Å². The normalized spacial score (nSPS) is 11.2. The Balaban J connectivity index is 0.00000312. The third-order valence-electron chi connectivity index (χ3n) is 3.25. The molecule has 1 atom stereocenters. The molecule has 7 heteroatoms. The molecule has 0 aliphatic rings. The first-order valence-electron chi connectivity index (χ1n) is 7.67. The second-order valence-electron chi connectivity index (χ2n) is 5.09. The van der Waals surface area contributed by atoms with Crippen molar-refractivity contribution in [3.05, 3.63) is 48.5 Å². The van der Waals surface area contributed by atoms with Crippen molar-refractivity contribution in [1.82, 2.24) is 0 Å². The number of nitrogens with two attached hydrogens (primary N) is 1. The van der Waals surface area contributed by atoms with E-state index in [1.807, 2.05) is 30.5 Å². The van der Waals surface area contributed by atoms with Crippen molar-refractivity contribution in [3.8, 4) is 11.5 Å². The van der Waals surface area contributed by atoms with Crippen LogP contribution in [0.15, 0.2) is 53.4 Å². The zero-order valence-corrected chi connectivity index (χ0v) is 15.9. The van der Waals surface area contributed by atoms with Gasteiger partial charge in [-0.1, -0.05) is 0 Å². The van der Waals surface area contributed by atoms with Gasteiger partial charge in [0.1, 0.15) is 18.1 Å². The molecule has 0 aliphatic carbocycles. The fourth-order valence-corrected chi connectivity index (χ4v) is 2.38. The molecule has 0 aliphatic heterocycles. The summed E-state index contributed by atoms with van der Waals surface area (Å²) in [5.41, 5.74) is 6.08. The standard InChI is InChI=1S/C18H22N2O3S.ClH/c1-13(23-16-7-9-17(24-2)10-8-16)18(21)20-14-3-5-15(6-4-14)22-12-11-19;/h3-10,13H,11-12,19H2,1-2H3,(H,20,21);1H. The van der Waals surface area contributed by atoms with Crippen LogP contribution in [0.1, 0.15) is 6.92 Å². The highest BCUT2D eigenvalue weighted by molar-refractivity contribution is 7.98. The predicted octanol–water partition coefficient (Wildman–Crippen LogP) is 3.57. The summed E-state index contributed by atoms with van der Waals surface area (Å²) in [5, 5.41) is 2.82. The van der Waals surface area contributed by atoms with Crippen LogP contribution in [0.25, 0.3) is 0 Å². The lowest BCUT2D eigenvalue weighted by Gasteiger charge is -2.15. The van der Waals surface area contributed by atoms with Gasteiger partial charge in [-0.05, 0) is 61.7 Å². The first-order chi connectivity index (χ1) is 11.6. The van der Waals surface area contributed by atoms with E-state index in [0.717, 1.165) is 10.6 Å². The van der Waals surface area contributed by atoms with Gasteiger partial charge in [0.25, 0.3) is 5.91 Å². The lowest BCUT2D eigenvalue weighted by atomic mass is 10.2. The molecule has 5 nitrogen and oxygen atoms in total. The van der Waals surface area contributed by atoms with Gasteiger partial charge in [0.2, 0.25) is 0 Å². The van der Waals surface area contributed by atoms with Gasteiger partial charge < -0.3 is 20.5 Å². The Labute approximate surface area is 158 Å². The van der Waals surface area contributed by atoms with E-state index in [2.05, 4.69) is 5.32 Å². The average molecular weight is 383 g/mol. The number of hydrogen-bond acceptors (Lipinski definition) is 5. The van der Waals surface area contributed by atoms with E-state index in [0.29, 0.717) is 24.6 Å². The predicted molar refractivity (Wildman–Crippen MR) is 105 cm³/mol. The fourth-order valence-electron chi connectivity index (χ4n) is 1.97. The summed E-state index contributed by atoms with van der Waals surface area (Å²) in [7, 11) is 0. The second kappa shape index (κ2) is 10.9. The van der Waals surface area contributed by atoms with Gasteiger partial charge in [-0.15, -0.1) is 24.2 Å². The smallest absolute Gasteiger partial charge is 0.265 e. The van der Waals surface area contributed by atoms with Crippen molar-refractivity contribution in [1.29, 1.82) is 0 Å². The van der Waals surface area contributed by atoms with Crippen LogP contribution in [0.5, 0.6) is 11.5 Å². The highest BCUT2D eigenvalue weighted by Crippen LogP contribution is 2.20. The van der Waals surface area contributed by atoms with Crippen molar-refractivity contribution < 1.29 is 14.3 Å². The van der Waals surface area contributed by atoms with Crippen molar-refractivity contribution in [2.45, 2.75) is 17.9 Å². The van der Waals surface area contributed by atoms with E-state index in [4.69, 9.17) is 15.2 Å². The maximum atomic E-state index is 12.2. The van der Waals surface area contributed by atoms with Gasteiger partial charge in [-0.25, -0.2) is 0 Å². The second-order valence-corrected chi connectivity index (χ2v) is 5.97. The summed E-state index contributed by atoms with van der Waals surface area (Å²) in [6.45, 7) is 2.65. The van der Waals surface area contributed by atoms with Crippen LogP contribution in [0, 0.1) is 0 Å². The van der Waals surface area contributed by atoms with Gasteiger partial charge in [0, 0.05) is 17.1 Å². The number of amides is 1. The molecule has 0 saturated carbocycles. The minimum Gasteiger partial charge on any atom is -0.492 e. The Hall–Kier alpha value is -1.89. The topological polar surface area (TPSA) is 73.6 Å². The largest absolute Gasteiger partial charge is 0.492 e. The first kappa shape index (κ1) is 21.2. The van der Waals surface area contributed by atoms with Crippen LogP contribution >= 0.6 is 24.2 Å². The third-order valence-corrected chi connectivity index (χ3v) is 3.99. The maximum Gasteiger partial charge on any atom is 0.265 e. The zero-order chi connectivity index (χ0) is 17.4. The Bertz CT molecular complexity index is 650. The minimum absolute atomic E-state index is 0. The van der Waals surface area contributed by atoms with Crippen LogP contribution in [-0.4, -0.2) is 31.4 Å². The van der Waals surface area contributed by atoms with Gasteiger partial charge in [0.15, 0.2) is 6.10 Å². The molecule has 0 bridgehead atoms. The van der Waals surface area contributed by atoms with Gasteiger partial charge in [-0.2, -0.15) is 0 Å². The fraction of sp³-hybridized carbons (Fsp3) is 0.278. The third kappa shape index (κ3) is 6.86. The zero-order valence-electron chi connectivity index (χ0n) is 14.2. The van der Waals surface area contributed by atoms with Crippen molar-refractivity contribution in [2.75, 3.05) is 24.7 Å². The summed E-state index contributed by atoms with van der Waals surface area (Å²) in [6.07, 6.45) is 1.41. The Kier molecular flexibility index (Phi) is 9.20. The molecule has 0 heterocycles. The van der Waals surface area contributed by atoms with Crippen LogP contribution < -0.4 is 20.5 Å². The van der Waals surface area contributed by atoms with Crippen LogP contribution in [0.3, 0.4) is 0 Å². The lowest BCUT2D eigenvalue weighted by molar-refractivity contribution is -0.122. The number of carbonyl (C=O) groups is 1. The molecule has 25 heavy (non-hydrogen) atoms. The van der Waals surface area contributed by atoms with E-state index in [-0.39, 0.29) is 18.3 Å². The summed E-state index contributed by atoms with van der Waals surface area (Å²) in [4.78, 5) is 13.4. The van der Waals surface area contributed by atoms with Gasteiger partial charge in [0.05, 0.1) is 0 Å². The van der Waals surface area contributed by atoms with E-state index in [9.17, 15) is 4.79 Å². The van der Waals surface area contributed by atoms with E-state index in [1.54, 1.807) is 43.0 Å². The summed E-state index contributed by atoms with van der Waals surface area (Å²) < 4.78 is 11.1. The number of rotatable bonds is 8. The monoisotopic (exact) mass is 382 g/mol. The molecule has 3 N–H and O–H groups in total. The number of anilines is 1. The molecule has 0 radical (unpaired) electrons. The SMILES string of the molecule is CSc1ccc(OC(C)C(=O)Nc2ccc(OCCN)cc2)cc1.Cl. The molecule has 0 saturated heterocycles. The lowest BCUT2D eigenvalue weighted by Crippen LogP contribution is -2.30. The molecule has 1 amide bonds. The van der Waals surface area contributed by atoms with Crippen molar-refractivity contribution in [3.63, 3.8) is 0 Å². The minimum atomic E-state index is -0.599. The number of nitrogens with one attached hydrogen (secondary N) is 1. The van der Waals surface area contributed by atoms with E-state index in [1.165, 1.54) is 0 Å². The van der Waals surface area contributed by atoms with Gasteiger partial charge >= 0.3 is 0 Å².